The summed E-state index contributed by atoms with van der Waals surface area (Å²) in [7, 11) is -1.72. The lowest BCUT2D eigenvalue weighted by atomic mass is 10.0. The van der Waals surface area contributed by atoms with Crippen LogP contribution in [0, 0.1) is 5.92 Å². The van der Waals surface area contributed by atoms with Gasteiger partial charge in [-0.3, -0.25) is 14.3 Å². The molecule has 2 heterocycles. The van der Waals surface area contributed by atoms with Crippen molar-refractivity contribution in [2.75, 3.05) is 51.1 Å². The fourth-order valence-corrected chi connectivity index (χ4v) is 5.73. The monoisotopic (exact) mass is 615 g/mol. The van der Waals surface area contributed by atoms with Crippen LogP contribution >= 0.6 is 0 Å². The zero-order chi connectivity index (χ0) is 30.8. The van der Waals surface area contributed by atoms with Crippen molar-refractivity contribution in [3.8, 4) is 17.2 Å². The lowest BCUT2D eigenvalue weighted by Gasteiger charge is -2.36. The van der Waals surface area contributed by atoms with E-state index in [1.54, 1.807) is 37.1 Å². The van der Waals surface area contributed by atoms with Gasteiger partial charge in [0, 0.05) is 44.8 Å². The minimum atomic E-state index is -4.95. The number of methoxy groups -OCH3 is 1. The van der Waals surface area contributed by atoms with Crippen LogP contribution in [0.1, 0.15) is 34.6 Å². The Labute approximate surface area is 241 Å². The van der Waals surface area contributed by atoms with Gasteiger partial charge in [-0.05, 0) is 37.3 Å². The SMILES string of the molecule is CO[C@H]1CN(C)C(=O)c2ccc(NS(=O)(=O)CC(F)(F)F)cc2OC[C@H](C)N(C(=O)c2ccc3c(c2)OCO3)C[C@@H]1C. The summed E-state index contributed by atoms with van der Waals surface area (Å²) >= 11 is 0. The van der Waals surface area contributed by atoms with E-state index in [-0.39, 0.29) is 55.3 Å². The molecule has 0 aromatic heterocycles. The number of hydrogen-bond donors (Lipinski definition) is 1. The van der Waals surface area contributed by atoms with Crippen molar-refractivity contribution in [2.45, 2.75) is 32.2 Å². The Balaban J connectivity index is 1.67. The number of likely N-dealkylation sites (N-methyl/N-ethyl adjacent to an activating group) is 1. The summed E-state index contributed by atoms with van der Waals surface area (Å²) in [6, 6.07) is 7.90. The fraction of sp³-hybridized carbons (Fsp3) is 0.481. The van der Waals surface area contributed by atoms with Crippen molar-refractivity contribution in [3.63, 3.8) is 0 Å². The molecule has 1 N–H and O–H groups in total. The summed E-state index contributed by atoms with van der Waals surface area (Å²) in [6.07, 6.45) is -5.41. The number of rotatable bonds is 5. The maximum atomic E-state index is 13.8. The van der Waals surface area contributed by atoms with Crippen LogP contribution in [-0.2, 0) is 14.8 Å². The highest BCUT2D eigenvalue weighted by molar-refractivity contribution is 7.92. The molecule has 0 bridgehead atoms. The number of sulfonamides is 1. The van der Waals surface area contributed by atoms with Gasteiger partial charge in [0.1, 0.15) is 12.4 Å². The number of nitrogens with one attached hydrogen (secondary N) is 1. The molecule has 0 aliphatic carbocycles. The second-order valence-electron chi connectivity index (χ2n) is 10.3. The number of fused-ring (bicyclic) bond motifs is 2. The molecule has 42 heavy (non-hydrogen) atoms. The summed E-state index contributed by atoms with van der Waals surface area (Å²) in [5.74, 6) is -2.18. The summed E-state index contributed by atoms with van der Waals surface area (Å²) in [4.78, 5) is 30.1. The summed E-state index contributed by atoms with van der Waals surface area (Å²) in [6.45, 7) is 3.96. The van der Waals surface area contributed by atoms with Gasteiger partial charge in [0.05, 0.1) is 23.4 Å². The minimum Gasteiger partial charge on any atom is -0.491 e. The molecule has 0 spiro atoms. The molecule has 0 saturated carbocycles. The average molecular weight is 616 g/mol. The van der Waals surface area contributed by atoms with E-state index >= 15 is 0 Å². The molecule has 2 aromatic rings. The first-order valence-corrected chi connectivity index (χ1v) is 14.7. The van der Waals surface area contributed by atoms with Gasteiger partial charge in [-0.15, -0.1) is 0 Å². The highest BCUT2D eigenvalue weighted by Crippen LogP contribution is 2.33. The zero-order valence-corrected chi connectivity index (χ0v) is 24.3. The Morgan fingerprint density at radius 3 is 2.45 bits per heavy atom. The number of alkyl halides is 3. The average Bonchev–Trinajstić information content (AvgIpc) is 3.38. The number of nitrogens with zero attached hydrogens (tertiary/aromatic N) is 2. The molecule has 0 unspecified atom stereocenters. The molecule has 15 heteroatoms. The Kier molecular flexibility index (Phi) is 9.11. The molecule has 0 fully saturated rings. The standard InChI is InChI=1S/C27H32F3N3O8S/c1-16-11-33(25(34)18-5-8-21-23(9-18)41-15-40-21)17(2)13-39-22-10-19(31-42(36,37)14-27(28,29)30)6-7-20(22)26(35)32(3)12-24(16)38-4/h5-10,16-17,24,31H,11-15H2,1-4H3/t16-,17-,24-/m0/s1. The molecule has 11 nitrogen and oxygen atoms in total. The number of anilines is 1. The maximum Gasteiger partial charge on any atom is 0.404 e. The molecular formula is C27H32F3N3O8S. The predicted molar refractivity (Wildman–Crippen MR) is 145 cm³/mol. The van der Waals surface area contributed by atoms with Crippen LogP contribution in [0.15, 0.2) is 36.4 Å². The van der Waals surface area contributed by atoms with Crippen molar-refractivity contribution < 1.29 is 50.1 Å². The number of amides is 2. The summed E-state index contributed by atoms with van der Waals surface area (Å²) in [5.41, 5.74) is 0.193. The number of carbonyl (C=O) groups excluding carboxylic acids is 2. The third-order valence-electron chi connectivity index (χ3n) is 6.95. The van der Waals surface area contributed by atoms with Gasteiger partial charge in [-0.1, -0.05) is 6.92 Å². The van der Waals surface area contributed by atoms with E-state index in [9.17, 15) is 31.2 Å². The summed E-state index contributed by atoms with van der Waals surface area (Å²) < 4.78 is 86.6. The van der Waals surface area contributed by atoms with Gasteiger partial charge >= 0.3 is 6.18 Å². The van der Waals surface area contributed by atoms with Crippen molar-refractivity contribution >= 4 is 27.5 Å². The number of carbonyl (C=O) groups is 2. The van der Waals surface area contributed by atoms with Gasteiger partial charge in [-0.25, -0.2) is 8.42 Å². The molecule has 230 valence electrons. The first-order valence-electron chi connectivity index (χ1n) is 13.0. The summed E-state index contributed by atoms with van der Waals surface area (Å²) in [5, 5.41) is 0. The van der Waals surface area contributed by atoms with Crippen molar-refractivity contribution in [1.29, 1.82) is 0 Å². The maximum absolute atomic E-state index is 13.8. The molecule has 4 rings (SSSR count). The van der Waals surface area contributed by atoms with Gasteiger partial charge in [-0.2, -0.15) is 13.2 Å². The van der Waals surface area contributed by atoms with Crippen molar-refractivity contribution in [1.82, 2.24) is 9.80 Å². The van der Waals surface area contributed by atoms with Crippen molar-refractivity contribution in [2.24, 2.45) is 5.92 Å². The fourth-order valence-electron chi connectivity index (χ4n) is 4.74. The van der Waals surface area contributed by atoms with E-state index in [0.717, 1.165) is 6.07 Å². The topological polar surface area (TPSA) is 124 Å². The molecule has 2 aliphatic heterocycles. The molecule has 3 atom stereocenters. The van der Waals surface area contributed by atoms with E-state index in [0.29, 0.717) is 17.1 Å². The lowest BCUT2D eigenvalue weighted by Crippen LogP contribution is -2.48. The number of ether oxygens (including phenoxy) is 4. The number of hydrogen-bond acceptors (Lipinski definition) is 8. The van der Waals surface area contributed by atoms with Crippen LogP contribution in [0.2, 0.25) is 0 Å². The normalized spacial score (nSPS) is 21.6. The molecule has 2 aromatic carbocycles. The van der Waals surface area contributed by atoms with Crippen molar-refractivity contribution in [3.05, 3.63) is 47.5 Å². The molecule has 2 aliphatic rings. The van der Waals surface area contributed by atoms with Crippen LogP contribution in [0.5, 0.6) is 17.2 Å². The van der Waals surface area contributed by atoms with Gasteiger partial charge in [0.2, 0.25) is 16.8 Å². The van der Waals surface area contributed by atoms with E-state index in [2.05, 4.69) is 0 Å². The highest BCUT2D eigenvalue weighted by Gasteiger charge is 2.36. The van der Waals surface area contributed by atoms with Crippen LogP contribution in [0.3, 0.4) is 0 Å². The van der Waals surface area contributed by atoms with E-state index in [1.165, 1.54) is 24.1 Å². The van der Waals surface area contributed by atoms with E-state index in [4.69, 9.17) is 18.9 Å². The van der Waals surface area contributed by atoms with Gasteiger partial charge < -0.3 is 28.7 Å². The minimum absolute atomic E-state index is 0.0491. The van der Waals surface area contributed by atoms with Gasteiger partial charge in [0.25, 0.3) is 11.8 Å². The Morgan fingerprint density at radius 1 is 1.05 bits per heavy atom. The van der Waals surface area contributed by atoms with Crippen LogP contribution in [-0.4, -0.2) is 94.8 Å². The number of halogens is 3. The van der Waals surface area contributed by atoms with Gasteiger partial charge in [0.15, 0.2) is 17.3 Å². The Bertz CT molecular complexity index is 1440. The van der Waals surface area contributed by atoms with E-state index < -0.39 is 40.0 Å². The molecule has 0 saturated heterocycles. The first-order chi connectivity index (χ1) is 19.7. The third kappa shape index (κ3) is 7.37. The lowest BCUT2D eigenvalue weighted by molar-refractivity contribution is -0.106. The Morgan fingerprint density at radius 2 is 1.76 bits per heavy atom. The first kappa shape index (κ1) is 31.2. The second kappa shape index (κ2) is 12.3. The number of benzene rings is 2. The largest absolute Gasteiger partial charge is 0.491 e. The van der Waals surface area contributed by atoms with Crippen LogP contribution < -0.4 is 18.9 Å². The van der Waals surface area contributed by atoms with Crippen LogP contribution in [0.4, 0.5) is 18.9 Å². The zero-order valence-electron chi connectivity index (χ0n) is 23.4. The molecular weight excluding hydrogens is 583 g/mol. The molecule has 2 amide bonds. The quantitative estimate of drug-likeness (QED) is 0.543. The predicted octanol–water partition coefficient (Wildman–Crippen LogP) is 3.37. The second-order valence-corrected chi connectivity index (χ2v) is 12.0. The molecule has 0 radical (unpaired) electrons. The Hall–Kier alpha value is -3.72. The third-order valence-corrected chi connectivity index (χ3v) is 8.21. The van der Waals surface area contributed by atoms with E-state index in [1.807, 2.05) is 11.6 Å². The van der Waals surface area contributed by atoms with Crippen LogP contribution in [0.25, 0.3) is 0 Å². The highest BCUT2D eigenvalue weighted by atomic mass is 32.2. The smallest absolute Gasteiger partial charge is 0.404 e.